The van der Waals surface area contributed by atoms with Gasteiger partial charge in [0.2, 0.25) is 5.75 Å². The van der Waals surface area contributed by atoms with Crippen molar-refractivity contribution >= 4 is 33.9 Å². The lowest BCUT2D eigenvalue weighted by Gasteiger charge is -2.29. The van der Waals surface area contributed by atoms with E-state index in [1.807, 2.05) is 18.2 Å². The Kier molecular flexibility index (Phi) is 6.62. The first kappa shape index (κ1) is 22.1. The van der Waals surface area contributed by atoms with Crippen molar-refractivity contribution in [3.8, 4) is 17.2 Å². The number of pyridine rings is 1. The fraction of sp³-hybridized carbons (Fsp3) is 0.348. The van der Waals surface area contributed by atoms with Gasteiger partial charge in [0.1, 0.15) is 0 Å². The van der Waals surface area contributed by atoms with E-state index in [4.69, 9.17) is 30.5 Å². The second-order valence-electron chi connectivity index (χ2n) is 7.35. The van der Waals surface area contributed by atoms with Gasteiger partial charge in [-0.1, -0.05) is 11.6 Å². The number of aromatic nitrogens is 1. The van der Waals surface area contributed by atoms with Crippen LogP contribution in [0.25, 0.3) is 10.9 Å². The molecule has 9 heteroatoms. The van der Waals surface area contributed by atoms with Crippen LogP contribution in [0.1, 0.15) is 5.56 Å². The maximum atomic E-state index is 12.7. The number of benzene rings is 2. The van der Waals surface area contributed by atoms with E-state index in [1.54, 1.807) is 26.4 Å². The molecule has 0 unspecified atom stereocenters. The Bertz CT molecular complexity index is 1170. The lowest BCUT2D eigenvalue weighted by molar-refractivity contribution is 0.122. The molecule has 8 nitrogen and oxygen atoms in total. The van der Waals surface area contributed by atoms with Crippen molar-refractivity contribution in [3.63, 3.8) is 0 Å². The second kappa shape index (κ2) is 9.58. The Labute approximate surface area is 191 Å². The predicted octanol–water partition coefficient (Wildman–Crippen LogP) is 3.66. The molecule has 0 radical (unpaired) electrons. The monoisotopic (exact) mass is 459 g/mol. The summed E-state index contributed by atoms with van der Waals surface area (Å²) in [5, 5.41) is 4.66. The van der Waals surface area contributed by atoms with Crippen molar-refractivity contribution in [2.75, 3.05) is 57.8 Å². The SMILES string of the molecule is COc1cc2[nH]c(=O)c(CNc3ccc(N4CCOCC4)c(Cl)c3)cc2c(OC)c1OC. The molecular weight excluding hydrogens is 434 g/mol. The van der Waals surface area contributed by atoms with Crippen molar-refractivity contribution in [1.29, 1.82) is 0 Å². The second-order valence-corrected chi connectivity index (χ2v) is 7.76. The first-order valence-electron chi connectivity index (χ1n) is 10.3. The van der Waals surface area contributed by atoms with Gasteiger partial charge in [-0.05, 0) is 24.3 Å². The Hall–Kier alpha value is -3.10. The Balaban J connectivity index is 1.60. The lowest BCUT2D eigenvalue weighted by Crippen LogP contribution is -2.36. The zero-order valence-corrected chi connectivity index (χ0v) is 19.0. The molecule has 2 N–H and O–H groups in total. The van der Waals surface area contributed by atoms with Crippen LogP contribution in [0.3, 0.4) is 0 Å². The molecule has 170 valence electrons. The number of fused-ring (bicyclic) bond motifs is 1. The Morgan fingerprint density at radius 3 is 2.47 bits per heavy atom. The number of H-pyrrole nitrogens is 1. The number of hydrogen-bond donors (Lipinski definition) is 2. The molecule has 0 bridgehead atoms. The Morgan fingerprint density at radius 2 is 1.81 bits per heavy atom. The van der Waals surface area contributed by atoms with Gasteiger partial charge >= 0.3 is 0 Å². The maximum absolute atomic E-state index is 12.7. The molecule has 0 saturated carbocycles. The van der Waals surface area contributed by atoms with Crippen molar-refractivity contribution < 1.29 is 18.9 Å². The molecule has 2 aromatic carbocycles. The van der Waals surface area contributed by atoms with Crippen molar-refractivity contribution in [3.05, 3.63) is 51.3 Å². The van der Waals surface area contributed by atoms with Gasteiger partial charge < -0.3 is 34.1 Å². The van der Waals surface area contributed by atoms with Gasteiger partial charge in [-0.2, -0.15) is 0 Å². The van der Waals surface area contributed by atoms with E-state index in [0.717, 1.165) is 29.9 Å². The fourth-order valence-corrected chi connectivity index (χ4v) is 4.17. The van der Waals surface area contributed by atoms with Gasteiger partial charge in [-0.3, -0.25) is 4.79 Å². The number of methoxy groups -OCH3 is 3. The van der Waals surface area contributed by atoms with Crippen molar-refractivity contribution in [1.82, 2.24) is 4.98 Å². The summed E-state index contributed by atoms with van der Waals surface area (Å²) in [5.41, 5.74) is 2.76. The van der Waals surface area contributed by atoms with Crippen LogP contribution >= 0.6 is 11.6 Å². The van der Waals surface area contributed by atoms with E-state index < -0.39 is 0 Å². The average Bonchev–Trinajstić information content (AvgIpc) is 2.82. The zero-order valence-electron chi connectivity index (χ0n) is 18.3. The molecule has 32 heavy (non-hydrogen) atoms. The third-order valence-corrected chi connectivity index (χ3v) is 5.81. The maximum Gasteiger partial charge on any atom is 0.253 e. The van der Waals surface area contributed by atoms with E-state index in [2.05, 4.69) is 15.2 Å². The van der Waals surface area contributed by atoms with Crippen molar-refractivity contribution in [2.24, 2.45) is 0 Å². The van der Waals surface area contributed by atoms with Gasteiger partial charge in [0.05, 0.1) is 50.8 Å². The lowest BCUT2D eigenvalue weighted by atomic mass is 10.1. The summed E-state index contributed by atoms with van der Waals surface area (Å²) in [5.74, 6) is 1.45. The molecule has 2 heterocycles. The number of nitrogens with zero attached hydrogens (tertiary/aromatic N) is 1. The smallest absolute Gasteiger partial charge is 0.253 e. The number of aromatic amines is 1. The van der Waals surface area contributed by atoms with E-state index in [1.165, 1.54) is 7.11 Å². The van der Waals surface area contributed by atoms with Gasteiger partial charge in [-0.15, -0.1) is 0 Å². The van der Waals surface area contributed by atoms with Crippen LogP contribution in [0.2, 0.25) is 5.02 Å². The number of halogens is 1. The molecule has 3 aromatic rings. The quantitative estimate of drug-likeness (QED) is 0.557. The van der Waals surface area contributed by atoms with E-state index >= 15 is 0 Å². The van der Waals surface area contributed by atoms with Gasteiger partial charge in [-0.25, -0.2) is 0 Å². The number of nitrogens with one attached hydrogen (secondary N) is 2. The topological polar surface area (TPSA) is 85.1 Å². The largest absolute Gasteiger partial charge is 0.493 e. The van der Waals surface area contributed by atoms with Crippen LogP contribution in [0.5, 0.6) is 17.2 Å². The minimum atomic E-state index is -0.199. The summed E-state index contributed by atoms with van der Waals surface area (Å²) < 4.78 is 21.8. The molecule has 0 aliphatic carbocycles. The summed E-state index contributed by atoms with van der Waals surface area (Å²) >= 11 is 6.52. The molecule has 0 amide bonds. The predicted molar refractivity (Wildman–Crippen MR) is 126 cm³/mol. The van der Waals surface area contributed by atoms with Crippen LogP contribution in [-0.4, -0.2) is 52.6 Å². The average molecular weight is 460 g/mol. The zero-order chi connectivity index (χ0) is 22.7. The van der Waals surface area contributed by atoms with Crippen LogP contribution in [0.15, 0.2) is 35.1 Å². The summed E-state index contributed by atoms with van der Waals surface area (Å²) in [6, 6.07) is 9.34. The van der Waals surface area contributed by atoms with Crippen LogP contribution in [0.4, 0.5) is 11.4 Å². The van der Waals surface area contributed by atoms with Gasteiger partial charge in [0.15, 0.2) is 11.5 Å². The highest BCUT2D eigenvalue weighted by molar-refractivity contribution is 6.33. The highest BCUT2D eigenvalue weighted by Crippen LogP contribution is 2.42. The molecule has 4 rings (SSSR count). The van der Waals surface area contributed by atoms with Crippen molar-refractivity contribution in [2.45, 2.75) is 6.54 Å². The summed E-state index contributed by atoms with van der Waals surface area (Å²) in [4.78, 5) is 17.8. The standard InChI is InChI=1S/C23H26ClN3O5/c1-29-20-12-18-16(21(30-2)22(20)31-3)10-14(23(28)26-18)13-25-15-4-5-19(17(24)11-15)27-6-8-32-9-7-27/h4-5,10-12,25H,6-9,13H2,1-3H3,(H,26,28). The minimum absolute atomic E-state index is 0.199. The van der Waals surface area contributed by atoms with Gasteiger partial charge in [0, 0.05) is 42.3 Å². The van der Waals surface area contributed by atoms with E-state index in [-0.39, 0.29) is 5.56 Å². The van der Waals surface area contributed by atoms with Crippen LogP contribution in [-0.2, 0) is 11.3 Å². The summed E-state index contributed by atoms with van der Waals surface area (Å²) in [7, 11) is 4.64. The molecule has 1 aliphatic heterocycles. The summed E-state index contributed by atoms with van der Waals surface area (Å²) in [6.07, 6.45) is 0. The number of morpholine rings is 1. The normalized spacial score (nSPS) is 13.8. The Morgan fingerprint density at radius 1 is 1.06 bits per heavy atom. The number of rotatable bonds is 7. The van der Waals surface area contributed by atoms with Crippen LogP contribution in [0, 0.1) is 0 Å². The number of anilines is 2. The van der Waals surface area contributed by atoms with E-state index in [0.29, 0.717) is 53.1 Å². The third kappa shape index (κ3) is 4.28. The van der Waals surface area contributed by atoms with Crippen LogP contribution < -0.4 is 30.0 Å². The highest BCUT2D eigenvalue weighted by Gasteiger charge is 2.18. The first-order chi connectivity index (χ1) is 15.5. The number of hydrogen-bond acceptors (Lipinski definition) is 7. The highest BCUT2D eigenvalue weighted by atomic mass is 35.5. The molecule has 1 fully saturated rings. The third-order valence-electron chi connectivity index (χ3n) is 5.51. The molecule has 0 atom stereocenters. The van der Waals surface area contributed by atoms with E-state index in [9.17, 15) is 4.79 Å². The summed E-state index contributed by atoms with van der Waals surface area (Å²) in [6.45, 7) is 3.34. The molecule has 0 spiro atoms. The fourth-order valence-electron chi connectivity index (χ4n) is 3.87. The molecule has 1 aliphatic rings. The molecule has 1 saturated heterocycles. The minimum Gasteiger partial charge on any atom is -0.493 e. The number of ether oxygens (including phenoxy) is 4. The van der Waals surface area contributed by atoms with Gasteiger partial charge in [0.25, 0.3) is 5.56 Å². The first-order valence-corrected chi connectivity index (χ1v) is 10.6. The molecule has 1 aromatic heterocycles. The molecular formula is C23H26ClN3O5.